The van der Waals surface area contributed by atoms with Crippen molar-refractivity contribution >= 4 is 0 Å². The fourth-order valence-electron chi connectivity index (χ4n) is 1.22. The van der Waals surface area contributed by atoms with Crippen molar-refractivity contribution in [3.63, 3.8) is 0 Å². The lowest BCUT2D eigenvalue weighted by Gasteiger charge is -1.99. The summed E-state index contributed by atoms with van der Waals surface area (Å²) in [5.74, 6) is 0.541. The Balaban J connectivity index is 2.56. The number of nitrogens with one attached hydrogen (secondary N) is 1. The third-order valence-electron chi connectivity index (χ3n) is 1.81. The molecule has 0 radical (unpaired) electrons. The van der Waals surface area contributed by atoms with E-state index in [0.717, 1.165) is 11.3 Å². The lowest BCUT2D eigenvalue weighted by atomic mass is 10.4. The van der Waals surface area contributed by atoms with Gasteiger partial charge in [-0.2, -0.15) is 10.1 Å². The second kappa shape index (κ2) is 3.10. The van der Waals surface area contributed by atoms with Crippen molar-refractivity contribution in [2.45, 2.75) is 13.8 Å². The summed E-state index contributed by atoms with van der Waals surface area (Å²) < 4.78 is 1.58. The average molecular weight is 190 g/mol. The Morgan fingerprint density at radius 2 is 2.21 bits per heavy atom. The van der Waals surface area contributed by atoms with Gasteiger partial charge >= 0.3 is 5.69 Å². The van der Waals surface area contributed by atoms with E-state index in [2.05, 4.69) is 15.1 Å². The van der Waals surface area contributed by atoms with Gasteiger partial charge in [-0.3, -0.25) is 0 Å². The molecule has 2 aromatic rings. The Kier molecular flexibility index (Phi) is 1.92. The highest BCUT2D eigenvalue weighted by atomic mass is 16.1. The summed E-state index contributed by atoms with van der Waals surface area (Å²) in [6, 6.07) is 1.77. The summed E-state index contributed by atoms with van der Waals surface area (Å²) in [6.07, 6.45) is 3.54. The normalized spacial score (nSPS) is 10.4. The molecule has 2 heterocycles. The lowest BCUT2D eigenvalue weighted by Crippen LogP contribution is -2.15. The molecule has 0 saturated carbocycles. The molecule has 0 spiro atoms. The number of aromatic amines is 1. The van der Waals surface area contributed by atoms with E-state index in [1.165, 1.54) is 0 Å². The number of hydrogen-bond donors (Lipinski definition) is 1. The van der Waals surface area contributed by atoms with E-state index in [9.17, 15) is 4.79 Å². The molecule has 0 atom stereocenters. The van der Waals surface area contributed by atoms with E-state index in [4.69, 9.17) is 0 Å². The molecule has 0 aromatic carbocycles. The van der Waals surface area contributed by atoms with Crippen LogP contribution in [-0.2, 0) is 0 Å². The standard InChI is InChI=1S/C9H10N4O/c1-6-4-10-13(5-6)8-3-7(2)11-9(14)12-8/h3-5H,1-2H3,(H,11,12,14). The zero-order chi connectivity index (χ0) is 10.1. The van der Waals surface area contributed by atoms with E-state index in [1.54, 1.807) is 16.9 Å². The molecule has 0 aliphatic rings. The highest BCUT2D eigenvalue weighted by Crippen LogP contribution is 2.03. The van der Waals surface area contributed by atoms with Crippen LogP contribution in [0, 0.1) is 13.8 Å². The Morgan fingerprint density at radius 1 is 1.43 bits per heavy atom. The van der Waals surface area contributed by atoms with Gasteiger partial charge in [0.2, 0.25) is 0 Å². The molecule has 0 aliphatic heterocycles. The summed E-state index contributed by atoms with van der Waals surface area (Å²) >= 11 is 0. The van der Waals surface area contributed by atoms with Gasteiger partial charge in [0.05, 0.1) is 6.20 Å². The molecule has 0 unspecified atom stereocenters. The summed E-state index contributed by atoms with van der Waals surface area (Å²) in [5.41, 5.74) is 1.45. The van der Waals surface area contributed by atoms with E-state index in [0.29, 0.717) is 5.82 Å². The largest absolute Gasteiger partial charge is 0.347 e. The van der Waals surface area contributed by atoms with Crippen molar-refractivity contribution in [3.8, 4) is 5.82 Å². The maximum atomic E-state index is 11.1. The number of nitrogens with zero attached hydrogens (tertiary/aromatic N) is 3. The van der Waals surface area contributed by atoms with Gasteiger partial charge in [-0.25, -0.2) is 9.48 Å². The van der Waals surface area contributed by atoms with Crippen molar-refractivity contribution in [2.75, 3.05) is 0 Å². The maximum Gasteiger partial charge on any atom is 0.347 e. The van der Waals surface area contributed by atoms with E-state index in [-0.39, 0.29) is 5.69 Å². The molecule has 2 rings (SSSR count). The second-order valence-corrected chi connectivity index (χ2v) is 3.19. The fraction of sp³-hybridized carbons (Fsp3) is 0.222. The molecule has 72 valence electrons. The Morgan fingerprint density at radius 3 is 2.79 bits per heavy atom. The smallest absolute Gasteiger partial charge is 0.310 e. The molecule has 1 N–H and O–H groups in total. The maximum absolute atomic E-state index is 11.1. The summed E-state index contributed by atoms with van der Waals surface area (Å²) in [6.45, 7) is 3.74. The van der Waals surface area contributed by atoms with Crippen LogP contribution in [0.3, 0.4) is 0 Å². The van der Waals surface area contributed by atoms with Crippen molar-refractivity contribution in [1.82, 2.24) is 19.7 Å². The first kappa shape index (κ1) is 8.68. The number of rotatable bonds is 1. The molecule has 0 aliphatic carbocycles. The predicted molar refractivity (Wildman–Crippen MR) is 51.5 cm³/mol. The number of aryl methyl sites for hydroxylation is 2. The summed E-state index contributed by atoms with van der Waals surface area (Å²) in [7, 11) is 0. The van der Waals surface area contributed by atoms with Gasteiger partial charge < -0.3 is 4.98 Å². The van der Waals surface area contributed by atoms with Crippen LogP contribution in [0.4, 0.5) is 0 Å². The molecule has 5 heteroatoms. The zero-order valence-electron chi connectivity index (χ0n) is 7.98. The van der Waals surface area contributed by atoms with Crippen molar-refractivity contribution < 1.29 is 0 Å². The van der Waals surface area contributed by atoms with Crippen LogP contribution < -0.4 is 5.69 Å². The van der Waals surface area contributed by atoms with E-state index in [1.807, 2.05) is 20.0 Å². The van der Waals surface area contributed by atoms with Gasteiger partial charge in [0, 0.05) is 18.0 Å². The van der Waals surface area contributed by atoms with Gasteiger partial charge in [0.1, 0.15) is 0 Å². The van der Waals surface area contributed by atoms with E-state index < -0.39 is 0 Å². The topological polar surface area (TPSA) is 63.6 Å². The number of H-pyrrole nitrogens is 1. The van der Waals surface area contributed by atoms with Crippen LogP contribution in [0.25, 0.3) is 5.82 Å². The molecule has 0 bridgehead atoms. The third-order valence-corrected chi connectivity index (χ3v) is 1.81. The van der Waals surface area contributed by atoms with Crippen molar-refractivity contribution in [1.29, 1.82) is 0 Å². The monoisotopic (exact) mass is 190 g/mol. The quantitative estimate of drug-likeness (QED) is 0.715. The summed E-state index contributed by atoms with van der Waals surface area (Å²) in [5, 5.41) is 4.07. The van der Waals surface area contributed by atoms with Crippen LogP contribution >= 0.6 is 0 Å². The van der Waals surface area contributed by atoms with Crippen LogP contribution in [-0.4, -0.2) is 19.7 Å². The fourth-order valence-corrected chi connectivity index (χ4v) is 1.22. The van der Waals surface area contributed by atoms with Gasteiger partial charge in [-0.1, -0.05) is 0 Å². The van der Waals surface area contributed by atoms with Crippen LogP contribution in [0.1, 0.15) is 11.3 Å². The van der Waals surface area contributed by atoms with Crippen LogP contribution in [0.15, 0.2) is 23.3 Å². The zero-order valence-corrected chi connectivity index (χ0v) is 7.98. The highest BCUT2D eigenvalue weighted by molar-refractivity contribution is 5.22. The lowest BCUT2D eigenvalue weighted by molar-refractivity contribution is 0.822. The van der Waals surface area contributed by atoms with Crippen LogP contribution in [0.5, 0.6) is 0 Å². The minimum atomic E-state index is -0.354. The summed E-state index contributed by atoms with van der Waals surface area (Å²) in [4.78, 5) is 17.5. The molecule has 2 aromatic heterocycles. The Hall–Kier alpha value is -1.91. The molecule has 14 heavy (non-hydrogen) atoms. The van der Waals surface area contributed by atoms with E-state index >= 15 is 0 Å². The van der Waals surface area contributed by atoms with Crippen LogP contribution in [0.2, 0.25) is 0 Å². The second-order valence-electron chi connectivity index (χ2n) is 3.19. The number of aromatic nitrogens is 4. The average Bonchev–Trinajstić information content (AvgIpc) is 2.50. The molecule has 0 fully saturated rings. The van der Waals surface area contributed by atoms with Gasteiger partial charge in [0.25, 0.3) is 0 Å². The highest BCUT2D eigenvalue weighted by Gasteiger charge is 2.01. The number of hydrogen-bond acceptors (Lipinski definition) is 3. The van der Waals surface area contributed by atoms with Gasteiger partial charge in [-0.05, 0) is 19.4 Å². The molecule has 5 nitrogen and oxygen atoms in total. The molecular weight excluding hydrogens is 180 g/mol. The molecule has 0 saturated heterocycles. The first-order chi connectivity index (χ1) is 6.65. The van der Waals surface area contributed by atoms with Crippen molar-refractivity contribution in [3.05, 3.63) is 40.2 Å². The third kappa shape index (κ3) is 1.56. The predicted octanol–water partition coefficient (Wildman–Crippen LogP) is 0.572. The SMILES string of the molecule is Cc1cnn(-c2cc(C)[nH]c(=O)n2)c1. The Labute approximate surface area is 80.4 Å². The minimum absolute atomic E-state index is 0.354. The van der Waals surface area contributed by atoms with Gasteiger partial charge in [0.15, 0.2) is 5.82 Å². The van der Waals surface area contributed by atoms with Gasteiger partial charge in [-0.15, -0.1) is 0 Å². The Bertz CT molecular complexity index is 512. The first-order valence-electron chi connectivity index (χ1n) is 4.25. The first-order valence-corrected chi connectivity index (χ1v) is 4.25. The van der Waals surface area contributed by atoms with Crippen molar-refractivity contribution in [2.24, 2.45) is 0 Å². The molecular formula is C9H10N4O. The molecule has 0 amide bonds. The minimum Gasteiger partial charge on any atom is -0.310 e.